The predicted octanol–water partition coefficient (Wildman–Crippen LogP) is 5.54. The van der Waals surface area contributed by atoms with E-state index in [9.17, 15) is 14.9 Å². The zero-order chi connectivity index (χ0) is 29.3. The molecule has 0 bridgehead atoms. The first-order valence-electron chi connectivity index (χ1n) is 13.0. The number of carbonyl (C=O) groups is 1. The smallest absolute Gasteiger partial charge is 0.330 e. The van der Waals surface area contributed by atoms with Crippen LogP contribution in [0.5, 0.6) is 11.5 Å². The molecule has 1 aliphatic carbocycles. The number of nitro groups is 1. The molecule has 1 saturated carbocycles. The zero-order valence-electron chi connectivity index (χ0n) is 22.5. The van der Waals surface area contributed by atoms with E-state index in [1.54, 1.807) is 18.3 Å². The number of fused-ring (bicyclic) bond motifs is 1. The number of methoxy groups -OCH3 is 2. The fourth-order valence-corrected chi connectivity index (χ4v) is 5.87. The second-order valence-corrected chi connectivity index (χ2v) is 10.6. The van der Waals surface area contributed by atoms with Crippen LogP contribution in [0.25, 0.3) is 0 Å². The van der Waals surface area contributed by atoms with E-state index in [1.165, 1.54) is 42.2 Å². The van der Waals surface area contributed by atoms with Gasteiger partial charge in [-0.3, -0.25) is 19.9 Å². The maximum atomic E-state index is 14.2. The largest absolute Gasteiger partial charge is 0.495 e. The molecule has 2 heterocycles. The minimum atomic E-state index is -0.498. The molecule has 2 aromatic carbocycles. The van der Waals surface area contributed by atoms with Crippen molar-refractivity contribution in [3.05, 3.63) is 67.8 Å². The van der Waals surface area contributed by atoms with Crippen LogP contribution in [0.1, 0.15) is 36.8 Å². The number of ether oxygens (including phenoxy) is 2. The Morgan fingerprint density at radius 1 is 1.15 bits per heavy atom. The van der Waals surface area contributed by atoms with Gasteiger partial charge in [0.05, 0.1) is 37.9 Å². The average Bonchev–Trinajstić information content (AvgIpc) is 2.97. The molecule has 2 unspecified atom stereocenters. The number of carbonyl (C=O) groups excluding carboxylic acids is 1. The highest BCUT2D eigenvalue weighted by molar-refractivity contribution is 6.42. The van der Waals surface area contributed by atoms with Crippen LogP contribution < -0.4 is 30.3 Å². The van der Waals surface area contributed by atoms with Gasteiger partial charge in [-0.05, 0) is 18.4 Å². The number of rotatable bonds is 8. The molecule has 5 rings (SSSR count). The Morgan fingerprint density at radius 3 is 2.51 bits per heavy atom. The van der Waals surface area contributed by atoms with Crippen LogP contribution in [0.2, 0.25) is 10.0 Å². The van der Waals surface area contributed by atoms with Crippen LogP contribution in [-0.2, 0) is 13.1 Å². The standard InChI is InChI=1S/C27H29Cl2N7O5/c1-40-20-11-21(41-2)23(29)24(22(20)28)34-14-16-12-31-26(32-19-9-4-3-8-18(19)30)33-25(16)35(27(34)37)13-15-6-5-7-17(10-15)36(38)39/h5-7,10-12,18-19H,3-4,8-9,13-14,30H2,1-2H3,(H,31,32,33). The maximum absolute atomic E-state index is 14.2. The summed E-state index contributed by atoms with van der Waals surface area (Å²) in [5.74, 6) is 1.25. The summed E-state index contributed by atoms with van der Waals surface area (Å²) in [6.45, 7) is 0.0400. The van der Waals surface area contributed by atoms with Crippen LogP contribution in [0.15, 0.2) is 36.5 Å². The van der Waals surface area contributed by atoms with E-state index >= 15 is 0 Å². The van der Waals surface area contributed by atoms with Crippen molar-refractivity contribution in [1.29, 1.82) is 0 Å². The van der Waals surface area contributed by atoms with Gasteiger partial charge in [-0.2, -0.15) is 4.98 Å². The molecule has 2 atom stereocenters. The molecule has 2 aliphatic rings. The van der Waals surface area contributed by atoms with E-state index in [-0.39, 0.29) is 58.1 Å². The number of amides is 2. The Bertz CT molecular complexity index is 1460. The summed E-state index contributed by atoms with van der Waals surface area (Å²) in [4.78, 5) is 37.2. The van der Waals surface area contributed by atoms with Crippen LogP contribution in [-0.4, -0.2) is 47.2 Å². The molecule has 0 saturated heterocycles. The van der Waals surface area contributed by atoms with Crippen molar-refractivity contribution in [2.75, 3.05) is 29.3 Å². The molecule has 0 radical (unpaired) electrons. The fraction of sp³-hybridized carbons (Fsp3) is 0.370. The van der Waals surface area contributed by atoms with Gasteiger partial charge in [-0.15, -0.1) is 0 Å². The van der Waals surface area contributed by atoms with E-state index in [4.69, 9.17) is 43.4 Å². The van der Waals surface area contributed by atoms with Gasteiger partial charge in [-0.25, -0.2) is 9.78 Å². The van der Waals surface area contributed by atoms with Gasteiger partial charge in [0, 0.05) is 42.0 Å². The lowest BCUT2D eigenvalue weighted by molar-refractivity contribution is -0.384. The Labute approximate surface area is 246 Å². The number of nitrogens with one attached hydrogen (secondary N) is 1. The Morgan fingerprint density at radius 2 is 1.85 bits per heavy atom. The molecule has 12 nitrogen and oxygen atoms in total. The molecule has 0 spiro atoms. The maximum Gasteiger partial charge on any atom is 0.330 e. The molecule has 41 heavy (non-hydrogen) atoms. The Balaban J connectivity index is 1.59. The number of benzene rings is 2. The van der Waals surface area contributed by atoms with Crippen molar-refractivity contribution in [3.63, 3.8) is 0 Å². The number of hydrogen-bond acceptors (Lipinski definition) is 9. The highest BCUT2D eigenvalue weighted by Gasteiger charge is 2.37. The van der Waals surface area contributed by atoms with Gasteiger partial charge in [0.2, 0.25) is 5.95 Å². The van der Waals surface area contributed by atoms with Crippen molar-refractivity contribution in [2.24, 2.45) is 5.73 Å². The number of nitrogens with two attached hydrogens (primary N) is 1. The number of halogens is 2. The quantitative estimate of drug-likeness (QED) is 0.250. The molecular weight excluding hydrogens is 573 g/mol. The number of nitrogens with zero attached hydrogens (tertiary/aromatic N) is 5. The molecule has 1 fully saturated rings. The highest BCUT2D eigenvalue weighted by atomic mass is 35.5. The van der Waals surface area contributed by atoms with Crippen molar-refractivity contribution < 1.29 is 19.2 Å². The van der Waals surface area contributed by atoms with Crippen molar-refractivity contribution in [1.82, 2.24) is 9.97 Å². The molecule has 2 amide bonds. The fourth-order valence-electron chi connectivity index (χ4n) is 5.17. The normalized spacial score (nSPS) is 18.6. The molecule has 216 valence electrons. The summed E-state index contributed by atoms with van der Waals surface area (Å²) in [6, 6.07) is 7.09. The van der Waals surface area contributed by atoms with Gasteiger partial charge in [-0.1, -0.05) is 48.2 Å². The van der Waals surface area contributed by atoms with Crippen LogP contribution in [0.3, 0.4) is 0 Å². The summed E-state index contributed by atoms with van der Waals surface area (Å²) in [5, 5.41) is 15.0. The summed E-state index contributed by atoms with van der Waals surface area (Å²) in [5.41, 5.74) is 7.57. The summed E-state index contributed by atoms with van der Waals surface area (Å²) in [7, 11) is 2.89. The third kappa shape index (κ3) is 5.67. The number of hydrogen-bond donors (Lipinski definition) is 2. The number of anilines is 3. The zero-order valence-corrected chi connectivity index (χ0v) is 24.0. The number of nitro benzene ring substituents is 1. The number of urea groups is 1. The Hall–Kier alpha value is -3.87. The molecule has 3 N–H and O–H groups in total. The van der Waals surface area contributed by atoms with E-state index in [0.29, 0.717) is 22.9 Å². The third-order valence-corrected chi connectivity index (χ3v) is 8.03. The minimum absolute atomic E-state index is 0.00433. The van der Waals surface area contributed by atoms with Crippen molar-refractivity contribution in [3.8, 4) is 11.5 Å². The minimum Gasteiger partial charge on any atom is -0.495 e. The van der Waals surface area contributed by atoms with E-state index < -0.39 is 11.0 Å². The topological polar surface area (TPSA) is 149 Å². The van der Waals surface area contributed by atoms with Gasteiger partial charge in [0.1, 0.15) is 27.4 Å². The lowest BCUT2D eigenvalue weighted by Crippen LogP contribution is -2.48. The molecule has 3 aromatic rings. The highest BCUT2D eigenvalue weighted by Crippen LogP contribution is 2.48. The van der Waals surface area contributed by atoms with E-state index in [2.05, 4.69) is 10.3 Å². The summed E-state index contributed by atoms with van der Waals surface area (Å²) in [6.07, 6.45) is 5.55. The van der Waals surface area contributed by atoms with Gasteiger partial charge in [0.25, 0.3) is 5.69 Å². The van der Waals surface area contributed by atoms with Gasteiger partial charge in [0.15, 0.2) is 0 Å². The third-order valence-electron chi connectivity index (χ3n) is 7.30. The molecule has 1 aromatic heterocycles. The first-order chi connectivity index (χ1) is 19.7. The lowest BCUT2D eigenvalue weighted by atomic mass is 9.91. The molecular formula is C27H29Cl2N7O5. The SMILES string of the molecule is COc1cc(OC)c(Cl)c(N2Cc3cnc(NC4CCCCC4N)nc3N(Cc3cccc([N+](=O)[O-])c3)C2=O)c1Cl. The van der Waals surface area contributed by atoms with Crippen LogP contribution >= 0.6 is 23.2 Å². The second-order valence-electron chi connectivity index (χ2n) is 9.88. The van der Waals surface area contributed by atoms with Gasteiger partial charge < -0.3 is 20.5 Å². The Kier molecular flexibility index (Phi) is 8.34. The molecule has 14 heteroatoms. The predicted molar refractivity (Wildman–Crippen MR) is 156 cm³/mol. The number of aromatic nitrogens is 2. The second kappa shape index (κ2) is 11.9. The van der Waals surface area contributed by atoms with Crippen molar-refractivity contribution in [2.45, 2.75) is 50.9 Å². The molecule has 1 aliphatic heterocycles. The van der Waals surface area contributed by atoms with Gasteiger partial charge >= 0.3 is 6.03 Å². The average molecular weight is 602 g/mol. The van der Waals surface area contributed by atoms with Crippen LogP contribution in [0.4, 0.5) is 27.9 Å². The monoisotopic (exact) mass is 601 g/mol. The van der Waals surface area contributed by atoms with E-state index in [0.717, 1.165) is 25.7 Å². The first-order valence-corrected chi connectivity index (χ1v) is 13.8. The van der Waals surface area contributed by atoms with Crippen molar-refractivity contribution >= 4 is 52.4 Å². The summed E-state index contributed by atoms with van der Waals surface area (Å²) < 4.78 is 10.8. The number of non-ortho nitro benzene ring substituents is 1. The van der Waals surface area contributed by atoms with Crippen LogP contribution in [0, 0.1) is 10.1 Å². The van der Waals surface area contributed by atoms with E-state index in [1.807, 2.05) is 0 Å². The first kappa shape index (κ1) is 28.7. The summed E-state index contributed by atoms with van der Waals surface area (Å²) >= 11 is 13.3. The lowest BCUT2D eigenvalue weighted by Gasteiger charge is -2.37.